The largest absolute Gasteiger partial charge is 0.485 e. The van der Waals surface area contributed by atoms with Crippen LogP contribution in [-0.4, -0.2) is 18.7 Å². The molecule has 1 aliphatic rings. The zero-order valence-corrected chi connectivity index (χ0v) is 9.23. The van der Waals surface area contributed by atoms with Gasteiger partial charge in [-0.05, 0) is 32.0 Å². The monoisotopic (exact) mass is 217 g/mol. The van der Waals surface area contributed by atoms with Gasteiger partial charge in [-0.15, -0.1) is 0 Å². The summed E-state index contributed by atoms with van der Waals surface area (Å²) in [6, 6.07) is 7.88. The third-order valence-corrected chi connectivity index (χ3v) is 2.80. The van der Waals surface area contributed by atoms with E-state index in [1.165, 1.54) is 0 Å². The van der Waals surface area contributed by atoms with Gasteiger partial charge in [-0.2, -0.15) is 5.26 Å². The molecule has 1 aliphatic heterocycles. The van der Waals surface area contributed by atoms with Crippen LogP contribution < -0.4 is 15.8 Å². The van der Waals surface area contributed by atoms with E-state index in [1.54, 1.807) is 6.07 Å². The van der Waals surface area contributed by atoms with Crippen LogP contribution in [0.1, 0.15) is 18.9 Å². The molecule has 0 spiro atoms. The van der Waals surface area contributed by atoms with E-state index in [2.05, 4.69) is 18.3 Å². The zero-order valence-electron chi connectivity index (χ0n) is 9.23. The van der Waals surface area contributed by atoms with Gasteiger partial charge in [0.05, 0.1) is 17.3 Å². The summed E-state index contributed by atoms with van der Waals surface area (Å²) in [5, 5.41) is 12.3. The Morgan fingerprint density at radius 1 is 1.56 bits per heavy atom. The molecule has 84 valence electrons. The molecule has 4 heteroatoms. The van der Waals surface area contributed by atoms with Gasteiger partial charge in [0.1, 0.15) is 12.2 Å². The average Bonchev–Trinajstić information content (AvgIpc) is 2.29. The Balaban J connectivity index is 2.33. The third-order valence-electron chi connectivity index (χ3n) is 2.80. The Hall–Kier alpha value is -1.73. The Bertz CT molecular complexity index is 425. The molecular formula is C12H15N3O. The quantitative estimate of drug-likeness (QED) is 0.787. The minimum absolute atomic E-state index is 0.0343. The number of benzene rings is 1. The highest BCUT2D eigenvalue weighted by Gasteiger charge is 2.27. The molecule has 4 nitrogen and oxygen atoms in total. The fourth-order valence-corrected chi connectivity index (χ4v) is 1.93. The summed E-state index contributed by atoms with van der Waals surface area (Å²) in [6.45, 7) is 2.64. The van der Waals surface area contributed by atoms with Crippen molar-refractivity contribution >= 4 is 5.69 Å². The van der Waals surface area contributed by atoms with E-state index >= 15 is 0 Å². The van der Waals surface area contributed by atoms with Crippen molar-refractivity contribution in [3.05, 3.63) is 23.8 Å². The molecular weight excluding hydrogens is 202 g/mol. The number of nitrogens with one attached hydrogen (secondary N) is 1. The van der Waals surface area contributed by atoms with Crippen LogP contribution in [0.2, 0.25) is 0 Å². The van der Waals surface area contributed by atoms with Crippen LogP contribution in [0.4, 0.5) is 5.69 Å². The maximum atomic E-state index is 8.99. The number of hydrogen-bond acceptors (Lipinski definition) is 4. The number of nitrogens with zero attached hydrogens (tertiary/aromatic N) is 1. The summed E-state index contributed by atoms with van der Waals surface area (Å²) in [7, 11) is 0. The number of rotatable bonds is 2. The number of ether oxygens (including phenoxy) is 1. The SMILES string of the molecule is CC1Nc2cccc(C#N)c2OC1CCN. The van der Waals surface area contributed by atoms with Crippen molar-refractivity contribution in [3.63, 3.8) is 0 Å². The number of nitrogens with two attached hydrogens (primary N) is 1. The maximum Gasteiger partial charge on any atom is 0.160 e. The van der Waals surface area contributed by atoms with E-state index in [4.69, 9.17) is 15.7 Å². The maximum absolute atomic E-state index is 8.99. The highest BCUT2D eigenvalue weighted by molar-refractivity contribution is 5.65. The van der Waals surface area contributed by atoms with Gasteiger partial charge in [0, 0.05) is 0 Å². The van der Waals surface area contributed by atoms with Gasteiger partial charge >= 0.3 is 0 Å². The van der Waals surface area contributed by atoms with Crippen LogP contribution in [0.15, 0.2) is 18.2 Å². The fourth-order valence-electron chi connectivity index (χ4n) is 1.93. The van der Waals surface area contributed by atoms with E-state index in [0.717, 1.165) is 12.1 Å². The molecule has 2 rings (SSSR count). The summed E-state index contributed by atoms with van der Waals surface area (Å²) in [5.74, 6) is 0.654. The lowest BCUT2D eigenvalue weighted by atomic mass is 10.0. The molecule has 1 heterocycles. The summed E-state index contributed by atoms with van der Waals surface area (Å²) in [5.41, 5.74) is 7.00. The van der Waals surface area contributed by atoms with Gasteiger partial charge in [-0.25, -0.2) is 0 Å². The van der Waals surface area contributed by atoms with Crippen molar-refractivity contribution < 1.29 is 4.74 Å². The molecule has 0 aliphatic carbocycles. The van der Waals surface area contributed by atoms with Crippen LogP contribution in [-0.2, 0) is 0 Å². The second-order valence-electron chi connectivity index (χ2n) is 3.96. The Labute approximate surface area is 95.0 Å². The molecule has 3 N–H and O–H groups in total. The smallest absolute Gasteiger partial charge is 0.160 e. The molecule has 16 heavy (non-hydrogen) atoms. The second-order valence-corrected chi connectivity index (χ2v) is 3.96. The number of hydrogen-bond donors (Lipinski definition) is 2. The first-order chi connectivity index (χ1) is 7.76. The van der Waals surface area contributed by atoms with Gasteiger partial charge in [-0.3, -0.25) is 0 Å². The van der Waals surface area contributed by atoms with Crippen molar-refractivity contribution in [1.82, 2.24) is 0 Å². The van der Waals surface area contributed by atoms with Crippen LogP contribution in [0, 0.1) is 11.3 Å². The first-order valence-corrected chi connectivity index (χ1v) is 5.42. The molecule has 1 aromatic rings. The Morgan fingerprint density at radius 3 is 3.06 bits per heavy atom. The van der Waals surface area contributed by atoms with Gasteiger partial charge in [0.15, 0.2) is 5.75 Å². The lowest BCUT2D eigenvalue weighted by Gasteiger charge is -2.33. The molecule has 1 aromatic carbocycles. The fraction of sp³-hybridized carbons (Fsp3) is 0.417. The summed E-state index contributed by atoms with van der Waals surface area (Å²) in [4.78, 5) is 0. The molecule has 0 bridgehead atoms. The van der Waals surface area contributed by atoms with Crippen LogP contribution in [0.25, 0.3) is 0 Å². The molecule has 2 unspecified atom stereocenters. The Morgan fingerprint density at radius 2 is 2.38 bits per heavy atom. The van der Waals surface area contributed by atoms with Crippen molar-refractivity contribution in [2.75, 3.05) is 11.9 Å². The van der Waals surface area contributed by atoms with E-state index in [0.29, 0.717) is 17.9 Å². The first kappa shape index (κ1) is 10.8. The van der Waals surface area contributed by atoms with Crippen molar-refractivity contribution in [2.24, 2.45) is 5.73 Å². The molecule has 0 fully saturated rings. The minimum Gasteiger partial charge on any atom is -0.485 e. The predicted octanol–water partition coefficient (Wildman–Crippen LogP) is 1.47. The van der Waals surface area contributed by atoms with E-state index in [-0.39, 0.29) is 12.1 Å². The number of anilines is 1. The normalized spacial score (nSPS) is 22.6. The molecule has 0 amide bonds. The van der Waals surface area contributed by atoms with Gasteiger partial charge in [-0.1, -0.05) is 6.07 Å². The van der Waals surface area contributed by atoms with Crippen molar-refractivity contribution in [1.29, 1.82) is 5.26 Å². The number of nitriles is 1. The van der Waals surface area contributed by atoms with Crippen LogP contribution >= 0.6 is 0 Å². The van der Waals surface area contributed by atoms with Gasteiger partial charge in [0.2, 0.25) is 0 Å². The molecule has 2 atom stereocenters. The molecule has 0 saturated carbocycles. The molecule has 0 radical (unpaired) electrons. The van der Waals surface area contributed by atoms with Gasteiger partial charge in [0.25, 0.3) is 0 Å². The predicted molar refractivity (Wildman–Crippen MR) is 62.3 cm³/mol. The number of para-hydroxylation sites is 1. The van der Waals surface area contributed by atoms with Crippen molar-refractivity contribution in [2.45, 2.75) is 25.5 Å². The lowest BCUT2D eigenvalue weighted by molar-refractivity contribution is 0.167. The van der Waals surface area contributed by atoms with Crippen molar-refractivity contribution in [3.8, 4) is 11.8 Å². The van der Waals surface area contributed by atoms with E-state index in [1.807, 2.05) is 12.1 Å². The highest BCUT2D eigenvalue weighted by atomic mass is 16.5. The topological polar surface area (TPSA) is 71.1 Å². The average molecular weight is 217 g/mol. The standard InChI is InChI=1S/C12H15N3O/c1-8-11(5-6-13)16-12-9(7-14)3-2-4-10(12)15-8/h2-4,8,11,15H,5-6,13H2,1H3. The molecule has 0 aromatic heterocycles. The van der Waals surface area contributed by atoms with Gasteiger partial charge < -0.3 is 15.8 Å². The van der Waals surface area contributed by atoms with E-state index < -0.39 is 0 Å². The summed E-state index contributed by atoms with van der Waals surface area (Å²) in [6.07, 6.45) is 0.819. The Kier molecular flexibility index (Phi) is 2.97. The number of fused-ring (bicyclic) bond motifs is 1. The van der Waals surface area contributed by atoms with Crippen LogP contribution in [0.5, 0.6) is 5.75 Å². The van der Waals surface area contributed by atoms with E-state index in [9.17, 15) is 0 Å². The second kappa shape index (κ2) is 4.42. The zero-order chi connectivity index (χ0) is 11.5. The highest BCUT2D eigenvalue weighted by Crippen LogP contribution is 2.34. The molecule has 0 saturated heterocycles. The van der Waals surface area contributed by atoms with Crippen LogP contribution in [0.3, 0.4) is 0 Å². The summed E-state index contributed by atoms with van der Waals surface area (Å²) >= 11 is 0. The summed E-state index contributed by atoms with van der Waals surface area (Å²) < 4.78 is 5.84. The minimum atomic E-state index is 0.0343. The first-order valence-electron chi connectivity index (χ1n) is 5.42. The lowest BCUT2D eigenvalue weighted by Crippen LogP contribution is -2.40. The third kappa shape index (κ3) is 1.82.